The number of hydrogen-bond donors (Lipinski definition) is 0. The molecule has 2 aromatic rings. The summed E-state index contributed by atoms with van der Waals surface area (Å²) in [7, 11) is 0. The van der Waals surface area contributed by atoms with Crippen LogP contribution in [0.4, 0.5) is 5.69 Å². The van der Waals surface area contributed by atoms with Gasteiger partial charge in [0.05, 0.1) is 10.3 Å². The first kappa shape index (κ1) is 11.5. The Morgan fingerprint density at radius 2 is 2.12 bits per heavy atom. The zero-order valence-corrected chi connectivity index (χ0v) is 9.72. The SMILES string of the molecule is CCCCc1nccc2c([N+](=O)[O-])cccc12. The number of benzene rings is 1. The van der Waals surface area contributed by atoms with E-state index in [9.17, 15) is 10.1 Å². The summed E-state index contributed by atoms with van der Waals surface area (Å²) in [6.07, 6.45) is 4.66. The fourth-order valence-corrected chi connectivity index (χ4v) is 1.95. The minimum absolute atomic E-state index is 0.155. The molecule has 0 aliphatic rings. The first-order valence-electron chi connectivity index (χ1n) is 5.75. The Morgan fingerprint density at radius 3 is 2.82 bits per heavy atom. The van der Waals surface area contributed by atoms with Crippen LogP contribution < -0.4 is 0 Å². The highest BCUT2D eigenvalue weighted by atomic mass is 16.6. The van der Waals surface area contributed by atoms with Gasteiger partial charge in [0.15, 0.2) is 0 Å². The lowest BCUT2D eigenvalue weighted by molar-refractivity contribution is -0.383. The number of unbranched alkanes of at least 4 members (excludes halogenated alkanes) is 1. The molecule has 0 fully saturated rings. The van der Waals surface area contributed by atoms with E-state index >= 15 is 0 Å². The van der Waals surface area contributed by atoms with Crippen molar-refractivity contribution in [1.29, 1.82) is 0 Å². The lowest BCUT2D eigenvalue weighted by Crippen LogP contribution is -1.94. The molecule has 1 aromatic carbocycles. The van der Waals surface area contributed by atoms with Crippen LogP contribution in [-0.2, 0) is 6.42 Å². The molecule has 0 amide bonds. The molecule has 0 N–H and O–H groups in total. The monoisotopic (exact) mass is 230 g/mol. The number of non-ortho nitro benzene ring substituents is 1. The van der Waals surface area contributed by atoms with Gasteiger partial charge in [-0.05, 0) is 18.9 Å². The quantitative estimate of drug-likeness (QED) is 0.596. The second-order valence-corrected chi connectivity index (χ2v) is 3.99. The van der Waals surface area contributed by atoms with Crippen molar-refractivity contribution in [3.05, 3.63) is 46.3 Å². The van der Waals surface area contributed by atoms with E-state index in [-0.39, 0.29) is 10.6 Å². The number of rotatable bonds is 4. The van der Waals surface area contributed by atoms with Crippen molar-refractivity contribution < 1.29 is 4.92 Å². The smallest absolute Gasteiger partial charge is 0.261 e. The van der Waals surface area contributed by atoms with Gasteiger partial charge < -0.3 is 0 Å². The second-order valence-electron chi connectivity index (χ2n) is 3.99. The van der Waals surface area contributed by atoms with Crippen molar-refractivity contribution in [1.82, 2.24) is 4.98 Å². The minimum atomic E-state index is -0.341. The van der Waals surface area contributed by atoms with Crippen molar-refractivity contribution >= 4 is 16.5 Å². The molecule has 0 aliphatic carbocycles. The van der Waals surface area contributed by atoms with Crippen molar-refractivity contribution in [3.8, 4) is 0 Å². The van der Waals surface area contributed by atoms with Gasteiger partial charge in [0.2, 0.25) is 0 Å². The van der Waals surface area contributed by atoms with Crippen LogP contribution in [0.1, 0.15) is 25.5 Å². The maximum absolute atomic E-state index is 10.9. The van der Waals surface area contributed by atoms with E-state index in [0.29, 0.717) is 5.39 Å². The van der Waals surface area contributed by atoms with E-state index < -0.39 is 0 Å². The van der Waals surface area contributed by atoms with Gasteiger partial charge in [-0.3, -0.25) is 15.1 Å². The summed E-state index contributed by atoms with van der Waals surface area (Å²) < 4.78 is 0. The van der Waals surface area contributed by atoms with Crippen LogP contribution in [0.15, 0.2) is 30.5 Å². The zero-order valence-electron chi connectivity index (χ0n) is 9.72. The molecule has 4 nitrogen and oxygen atoms in total. The third-order valence-corrected chi connectivity index (χ3v) is 2.83. The molecular weight excluding hydrogens is 216 g/mol. The number of hydrogen-bond acceptors (Lipinski definition) is 3. The first-order valence-corrected chi connectivity index (χ1v) is 5.75. The Bertz CT molecular complexity index is 552. The van der Waals surface area contributed by atoms with Gasteiger partial charge in [0.25, 0.3) is 5.69 Å². The van der Waals surface area contributed by atoms with Crippen LogP contribution in [0.3, 0.4) is 0 Å². The topological polar surface area (TPSA) is 56.0 Å². The molecule has 0 saturated carbocycles. The zero-order chi connectivity index (χ0) is 12.3. The Balaban J connectivity index is 2.57. The minimum Gasteiger partial charge on any atom is -0.261 e. The van der Waals surface area contributed by atoms with Crippen molar-refractivity contribution in [2.45, 2.75) is 26.2 Å². The Hall–Kier alpha value is -1.97. The van der Waals surface area contributed by atoms with Gasteiger partial charge in [-0.1, -0.05) is 25.5 Å². The summed E-state index contributed by atoms with van der Waals surface area (Å²) in [5.74, 6) is 0. The first-order chi connectivity index (χ1) is 8.24. The summed E-state index contributed by atoms with van der Waals surface area (Å²) in [5.41, 5.74) is 1.11. The summed E-state index contributed by atoms with van der Waals surface area (Å²) in [5, 5.41) is 12.5. The van der Waals surface area contributed by atoms with Crippen LogP contribution in [0.5, 0.6) is 0 Å². The number of fused-ring (bicyclic) bond motifs is 1. The standard InChI is InChI=1S/C13H14N2O2/c1-2-3-6-12-10-5-4-7-13(15(16)17)11(10)8-9-14-12/h4-5,7-9H,2-3,6H2,1H3. The number of nitrogens with zero attached hydrogens (tertiary/aromatic N) is 2. The molecular formula is C13H14N2O2. The van der Waals surface area contributed by atoms with Gasteiger partial charge in [-0.2, -0.15) is 0 Å². The summed E-state index contributed by atoms with van der Waals surface area (Å²) >= 11 is 0. The summed E-state index contributed by atoms with van der Waals surface area (Å²) in [6, 6.07) is 6.87. The van der Waals surface area contributed by atoms with E-state index in [1.165, 1.54) is 6.07 Å². The maximum Gasteiger partial charge on any atom is 0.277 e. The normalized spacial score (nSPS) is 10.6. The van der Waals surface area contributed by atoms with Crippen LogP contribution in [0.2, 0.25) is 0 Å². The van der Waals surface area contributed by atoms with Gasteiger partial charge in [0, 0.05) is 23.3 Å². The van der Waals surface area contributed by atoms with E-state index in [2.05, 4.69) is 11.9 Å². The molecule has 0 spiro atoms. The van der Waals surface area contributed by atoms with Gasteiger partial charge >= 0.3 is 0 Å². The third-order valence-electron chi connectivity index (χ3n) is 2.83. The molecule has 0 aliphatic heterocycles. The van der Waals surface area contributed by atoms with E-state index in [4.69, 9.17) is 0 Å². The number of pyridine rings is 1. The largest absolute Gasteiger partial charge is 0.277 e. The molecule has 88 valence electrons. The number of nitro benzene ring substituents is 1. The highest BCUT2D eigenvalue weighted by Gasteiger charge is 2.12. The van der Waals surface area contributed by atoms with Crippen molar-refractivity contribution in [3.63, 3.8) is 0 Å². The Kier molecular flexibility index (Phi) is 3.32. The molecule has 0 bridgehead atoms. The van der Waals surface area contributed by atoms with Crippen LogP contribution in [0.25, 0.3) is 10.8 Å². The third kappa shape index (κ3) is 2.25. The predicted molar refractivity (Wildman–Crippen MR) is 67.0 cm³/mol. The molecule has 17 heavy (non-hydrogen) atoms. The average molecular weight is 230 g/mol. The molecule has 1 heterocycles. The van der Waals surface area contributed by atoms with Gasteiger partial charge in [0.1, 0.15) is 0 Å². The molecule has 4 heteroatoms. The fourth-order valence-electron chi connectivity index (χ4n) is 1.95. The molecule has 0 radical (unpaired) electrons. The molecule has 1 aromatic heterocycles. The highest BCUT2D eigenvalue weighted by Crippen LogP contribution is 2.27. The van der Waals surface area contributed by atoms with E-state index in [1.54, 1.807) is 18.3 Å². The van der Waals surface area contributed by atoms with Crippen LogP contribution >= 0.6 is 0 Å². The Morgan fingerprint density at radius 1 is 1.29 bits per heavy atom. The highest BCUT2D eigenvalue weighted by molar-refractivity contribution is 5.92. The molecule has 0 atom stereocenters. The summed E-state index contributed by atoms with van der Waals surface area (Å²) in [4.78, 5) is 14.9. The van der Waals surface area contributed by atoms with Crippen molar-refractivity contribution in [2.24, 2.45) is 0 Å². The Labute approximate surface area is 99.4 Å². The average Bonchev–Trinajstić information content (AvgIpc) is 2.35. The fraction of sp³-hybridized carbons (Fsp3) is 0.308. The summed E-state index contributed by atoms with van der Waals surface area (Å²) in [6.45, 7) is 2.12. The lowest BCUT2D eigenvalue weighted by Gasteiger charge is -2.05. The number of aromatic nitrogens is 1. The van der Waals surface area contributed by atoms with Crippen LogP contribution in [0, 0.1) is 10.1 Å². The maximum atomic E-state index is 10.9. The second kappa shape index (κ2) is 4.91. The lowest BCUT2D eigenvalue weighted by atomic mass is 10.0. The van der Waals surface area contributed by atoms with E-state index in [1.807, 2.05) is 6.07 Å². The molecule has 0 unspecified atom stereocenters. The van der Waals surface area contributed by atoms with E-state index in [0.717, 1.165) is 30.3 Å². The molecule has 2 rings (SSSR count). The van der Waals surface area contributed by atoms with Gasteiger partial charge in [-0.15, -0.1) is 0 Å². The van der Waals surface area contributed by atoms with Crippen LogP contribution in [-0.4, -0.2) is 9.91 Å². The predicted octanol–water partition coefficient (Wildman–Crippen LogP) is 3.49. The number of aryl methyl sites for hydroxylation is 1. The molecule has 0 saturated heterocycles. The van der Waals surface area contributed by atoms with Crippen molar-refractivity contribution in [2.75, 3.05) is 0 Å². The number of nitro groups is 1. The van der Waals surface area contributed by atoms with Gasteiger partial charge in [-0.25, -0.2) is 0 Å².